The number of carbonyl (C=O) groups is 2. The van der Waals surface area contributed by atoms with Crippen molar-refractivity contribution in [1.82, 2.24) is 5.32 Å². The van der Waals surface area contributed by atoms with Crippen LogP contribution in [-0.2, 0) is 4.79 Å². The summed E-state index contributed by atoms with van der Waals surface area (Å²) in [6.07, 6.45) is 6.55. The molecule has 0 saturated carbocycles. The molecule has 2 amide bonds. The molecule has 6 heteroatoms. The molecule has 0 unspecified atom stereocenters. The molecule has 0 aliphatic heterocycles. The number of allylic oxidation sites excluding steroid dienone is 2. The summed E-state index contributed by atoms with van der Waals surface area (Å²) in [4.78, 5) is 24.3. The van der Waals surface area contributed by atoms with Gasteiger partial charge in [0.05, 0.1) is 25.5 Å². The van der Waals surface area contributed by atoms with Crippen molar-refractivity contribution in [3.63, 3.8) is 0 Å². The zero-order chi connectivity index (χ0) is 16.8. The highest BCUT2D eigenvalue weighted by atomic mass is 16.5. The quantitative estimate of drug-likeness (QED) is 0.790. The molecule has 0 radical (unpaired) electrons. The zero-order valence-electron chi connectivity index (χ0n) is 13.6. The van der Waals surface area contributed by atoms with Gasteiger partial charge in [-0.15, -0.1) is 0 Å². The number of nitrogens with one attached hydrogen (secondary N) is 2. The number of hydrogen-bond acceptors (Lipinski definition) is 4. The van der Waals surface area contributed by atoms with Crippen LogP contribution in [0.15, 0.2) is 24.3 Å². The van der Waals surface area contributed by atoms with Crippen molar-refractivity contribution in [2.45, 2.75) is 19.3 Å². The largest absolute Gasteiger partial charge is 0.493 e. The third-order valence-corrected chi connectivity index (χ3v) is 3.83. The van der Waals surface area contributed by atoms with Gasteiger partial charge in [-0.05, 0) is 24.8 Å². The maximum absolute atomic E-state index is 12.2. The van der Waals surface area contributed by atoms with Gasteiger partial charge < -0.3 is 20.1 Å². The predicted molar refractivity (Wildman–Crippen MR) is 88.0 cm³/mol. The van der Waals surface area contributed by atoms with E-state index in [1.54, 1.807) is 12.1 Å². The van der Waals surface area contributed by atoms with Crippen LogP contribution in [0.5, 0.6) is 11.5 Å². The Morgan fingerprint density at radius 1 is 1.22 bits per heavy atom. The molecular weight excluding hydrogens is 296 g/mol. The topological polar surface area (TPSA) is 76.7 Å². The number of amides is 2. The fraction of sp³-hybridized carbons (Fsp3) is 0.412. The summed E-state index contributed by atoms with van der Waals surface area (Å²) in [6, 6.07) is 3.16. The van der Waals surface area contributed by atoms with Crippen LogP contribution in [0.25, 0.3) is 0 Å². The summed E-state index contributed by atoms with van der Waals surface area (Å²) in [5.41, 5.74) is 0.745. The van der Waals surface area contributed by atoms with Gasteiger partial charge >= 0.3 is 0 Å². The Balaban J connectivity index is 2.25. The molecule has 0 aromatic heterocycles. The average molecular weight is 318 g/mol. The van der Waals surface area contributed by atoms with E-state index in [1.807, 2.05) is 0 Å². The molecule has 6 nitrogen and oxygen atoms in total. The lowest BCUT2D eigenvalue weighted by atomic mass is 10.0. The fourth-order valence-corrected chi connectivity index (χ4v) is 2.61. The minimum Gasteiger partial charge on any atom is -0.493 e. The fourth-order valence-electron chi connectivity index (χ4n) is 2.61. The third-order valence-electron chi connectivity index (χ3n) is 3.83. The first-order chi connectivity index (χ1) is 11.1. The van der Waals surface area contributed by atoms with Crippen molar-refractivity contribution >= 4 is 17.5 Å². The molecule has 0 heterocycles. The molecule has 0 spiro atoms. The number of rotatable bonds is 6. The van der Waals surface area contributed by atoms with Crippen molar-refractivity contribution in [3.8, 4) is 11.5 Å². The van der Waals surface area contributed by atoms with E-state index in [0.717, 1.165) is 12.8 Å². The van der Waals surface area contributed by atoms with Crippen molar-refractivity contribution in [1.29, 1.82) is 0 Å². The van der Waals surface area contributed by atoms with Crippen LogP contribution in [0.2, 0.25) is 0 Å². The summed E-state index contributed by atoms with van der Waals surface area (Å²) < 4.78 is 10.5. The first-order valence-electron chi connectivity index (χ1n) is 7.53. The monoisotopic (exact) mass is 318 g/mol. The van der Waals surface area contributed by atoms with Crippen molar-refractivity contribution < 1.29 is 19.1 Å². The van der Waals surface area contributed by atoms with E-state index in [0.29, 0.717) is 29.2 Å². The normalized spacial score (nSPS) is 16.0. The standard InChI is InChI=1S/C17H22N2O4/c1-18-17(21)12-9-14(22-2)15(23-3)10-13(12)19-16(20)8-11-6-4-5-7-11/h4,6,9-11H,5,7-8H2,1-3H3,(H,18,21)(H,19,20)/t11-/m0/s1. The van der Waals surface area contributed by atoms with E-state index < -0.39 is 0 Å². The second-order valence-corrected chi connectivity index (χ2v) is 5.35. The minimum atomic E-state index is -0.304. The number of hydrogen-bond donors (Lipinski definition) is 2. The van der Waals surface area contributed by atoms with Gasteiger partial charge in [0.1, 0.15) is 0 Å². The van der Waals surface area contributed by atoms with E-state index in [-0.39, 0.29) is 17.7 Å². The highest BCUT2D eigenvalue weighted by Crippen LogP contribution is 2.33. The molecule has 1 atom stereocenters. The number of benzene rings is 1. The van der Waals surface area contributed by atoms with E-state index in [9.17, 15) is 9.59 Å². The van der Waals surface area contributed by atoms with Crippen LogP contribution >= 0.6 is 0 Å². The predicted octanol–water partition coefficient (Wildman–Crippen LogP) is 2.36. The Labute approximate surface area is 135 Å². The molecule has 1 aliphatic rings. The van der Waals surface area contributed by atoms with E-state index in [4.69, 9.17) is 9.47 Å². The first kappa shape index (κ1) is 16.9. The van der Waals surface area contributed by atoms with Gasteiger partial charge in [-0.25, -0.2) is 0 Å². The molecule has 23 heavy (non-hydrogen) atoms. The van der Waals surface area contributed by atoms with Gasteiger partial charge in [-0.2, -0.15) is 0 Å². The summed E-state index contributed by atoms with van der Waals surface area (Å²) in [5, 5.41) is 5.37. The molecule has 1 aromatic rings. The summed E-state index contributed by atoms with van der Waals surface area (Å²) in [5.74, 6) is 0.721. The highest BCUT2D eigenvalue weighted by molar-refractivity contribution is 6.04. The molecule has 1 aromatic carbocycles. The average Bonchev–Trinajstić information content (AvgIpc) is 3.06. The van der Waals surface area contributed by atoms with Gasteiger partial charge in [0, 0.05) is 19.5 Å². The second kappa shape index (κ2) is 7.67. The molecule has 0 fully saturated rings. The lowest BCUT2D eigenvalue weighted by Gasteiger charge is -2.15. The van der Waals surface area contributed by atoms with Crippen LogP contribution in [0.4, 0.5) is 5.69 Å². The second-order valence-electron chi connectivity index (χ2n) is 5.35. The first-order valence-corrected chi connectivity index (χ1v) is 7.53. The number of anilines is 1. The van der Waals surface area contributed by atoms with E-state index >= 15 is 0 Å². The van der Waals surface area contributed by atoms with Gasteiger partial charge in [-0.3, -0.25) is 9.59 Å². The van der Waals surface area contributed by atoms with Crippen LogP contribution in [0.1, 0.15) is 29.6 Å². The molecule has 2 rings (SSSR count). The Morgan fingerprint density at radius 2 is 1.91 bits per heavy atom. The number of methoxy groups -OCH3 is 2. The maximum atomic E-state index is 12.2. The molecule has 0 bridgehead atoms. The Hall–Kier alpha value is -2.50. The number of carbonyl (C=O) groups excluding carboxylic acids is 2. The van der Waals surface area contributed by atoms with Gasteiger partial charge in [0.25, 0.3) is 5.91 Å². The Morgan fingerprint density at radius 3 is 2.48 bits per heavy atom. The smallest absolute Gasteiger partial charge is 0.253 e. The van der Waals surface area contributed by atoms with Gasteiger partial charge in [0.15, 0.2) is 11.5 Å². The summed E-state index contributed by atoms with van der Waals surface area (Å²) in [7, 11) is 4.54. The van der Waals surface area contributed by atoms with Gasteiger partial charge in [0.2, 0.25) is 5.91 Å². The molecular formula is C17H22N2O4. The maximum Gasteiger partial charge on any atom is 0.253 e. The van der Waals surface area contributed by atoms with Gasteiger partial charge in [-0.1, -0.05) is 12.2 Å². The molecule has 2 N–H and O–H groups in total. The molecule has 1 aliphatic carbocycles. The Kier molecular flexibility index (Phi) is 5.62. The molecule has 0 saturated heterocycles. The number of ether oxygens (including phenoxy) is 2. The summed E-state index contributed by atoms with van der Waals surface area (Å²) >= 11 is 0. The van der Waals surface area contributed by atoms with Crippen molar-refractivity contribution in [3.05, 3.63) is 29.8 Å². The molecule has 124 valence electrons. The minimum absolute atomic E-state index is 0.126. The van der Waals surface area contributed by atoms with E-state index in [2.05, 4.69) is 22.8 Å². The Bertz CT molecular complexity index is 625. The third kappa shape index (κ3) is 4.03. The lowest BCUT2D eigenvalue weighted by Crippen LogP contribution is -2.22. The zero-order valence-corrected chi connectivity index (χ0v) is 13.6. The van der Waals surface area contributed by atoms with E-state index in [1.165, 1.54) is 21.3 Å². The van der Waals surface area contributed by atoms with Crippen LogP contribution in [-0.4, -0.2) is 33.1 Å². The van der Waals surface area contributed by atoms with Crippen LogP contribution in [0.3, 0.4) is 0 Å². The lowest BCUT2D eigenvalue weighted by molar-refractivity contribution is -0.116. The van der Waals surface area contributed by atoms with Crippen molar-refractivity contribution in [2.75, 3.05) is 26.6 Å². The van der Waals surface area contributed by atoms with Crippen LogP contribution < -0.4 is 20.1 Å². The van der Waals surface area contributed by atoms with Crippen molar-refractivity contribution in [2.24, 2.45) is 5.92 Å². The summed E-state index contributed by atoms with van der Waals surface area (Å²) in [6.45, 7) is 0. The SMILES string of the molecule is CNC(=O)c1cc(OC)c(OC)cc1NC(=O)C[C@H]1C=CCC1. The van der Waals surface area contributed by atoms with Crippen LogP contribution in [0, 0.1) is 5.92 Å². The highest BCUT2D eigenvalue weighted by Gasteiger charge is 2.19.